The van der Waals surface area contributed by atoms with E-state index in [4.69, 9.17) is 21.4 Å². The second-order valence-electron chi connectivity index (χ2n) is 3.84. The van der Waals surface area contributed by atoms with Crippen LogP contribution in [0.2, 0.25) is 5.15 Å². The van der Waals surface area contributed by atoms with Gasteiger partial charge in [-0.05, 0) is 24.3 Å². The van der Waals surface area contributed by atoms with E-state index in [0.29, 0.717) is 5.69 Å². The van der Waals surface area contributed by atoms with E-state index in [1.165, 1.54) is 37.4 Å². The number of ether oxygens (including phenoxy) is 1. The summed E-state index contributed by atoms with van der Waals surface area (Å²) in [7, 11) is 1.35. The Morgan fingerprint density at radius 3 is 2.80 bits per heavy atom. The van der Waals surface area contributed by atoms with Gasteiger partial charge in [0.2, 0.25) is 0 Å². The molecule has 2 rings (SSSR count). The second kappa shape index (κ2) is 5.75. The Labute approximate surface area is 119 Å². The molecule has 0 radical (unpaired) electrons. The fourth-order valence-corrected chi connectivity index (χ4v) is 1.78. The number of hydrogen-bond donors (Lipinski definition) is 2. The van der Waals surface area contributed by atoms with Crippen molar-refractivity contribution in [3.8, 4) is 5.75 Å². The number of nitrogens with zero attached hydrogens (tertiary/aromatic N) is 1. The normalized spacial score (nSPS) is 10.2. The summed E-state index contributed by atoms with van der Waals surface area (Å²) in [6, 6.07) is 6.69. The number of nitrogens with one attached hydrogen (secondary N) is 1. The number of rotatable bonds is 4. The quantitative estimate of drug-likeness (QED) is 0.847. The van der Waals surface area contributed by atoms with Crippen molar-refractivity contribution in [1.82, 2.24) is 4.98 Å². The summed E-state index contributed by atoms with van der Waals surface area (Å²) in [5.41, 5.74) is 0.496. The van der Waals surface area contributed by atoms with Gasteiger partial charge in [0.05, 0.1) is 12.7 Å². The molecule has 20 heavy (non-hydrogen) atoms. The number of carbonyl (C=O) groups is 1. The molecule has 0 atom stereocenters. The predicted octanol–water partition coefficient (Wildman–Crippen LogP) is 3.32. The zero-order valence-electron chi connectivity index (χ0n) is 10.4. The summed E-state index contributed by atoms with van der Waals surface area (Å²) < 4.78 is 18.1. The van der Waals surface area contributed by atoms with Gasteiger partial charge in [0.15, 0.2) is 11.6 Å². The maximum atomic E-state index is 13.3. The van der Waals surface area contributed by atoms with E-state index in [0.717, 1.165) is 0 Å². The lowest BCUT2D eigenvalue weighted by atomic mass is 10.2. The van der Waals surface area contributed by atoms with Crippen molar-refractivity contribution < 1.29 is 19.0 Å². The van der Waals surface area contributed by atoms with Crippen LogP contribution in [0, 0.1) is 5.82 Å². The van der Waals surface area contributed by atoms with Gasteiger partial charge < -0.3 is 15.2 Å². The number of aromatic carboxylic acids is 1. The van der Waals surface area contributed by atoms with E-state index < -0.39 is 11.8 Å². The first kappa shape index (κ1) is 14.1. The Kier molecular flexibility index (Phi) is 4.05. The van der Waals surface area contributed by atoms with Crippen LogP contribution in [0.15, 0.2) is 30.3 Å². The van der Waals surface area contributed by atoms with Crippen LogP contribution in [-0.4, -0.2) is 23.2 Å². The lowest BCUT2D eigenvalue weighted by Gasteiger charge is -2.09. The summed E-state index contributed by atoms with van der Waals surface area (Å²) in [5.74, 6) is -1.31. The molecule has 5 nitrogen and oxygen atoms in total. The monoisotopic (exact) mass is 296 g/mol. The lowest BCUT2D eigenvalue weighted by molar-refractivity contribution is 0.0697. The number of carboxylic acids is 1. The minimum absolute atomic E-state index is 0.00146. The molecule has 0 spiro atoms. The highest BCUT2D eigenvalue weighted by atomic mass is 35.5. The van der Waals surface area contributed by atoms with Crippen molar-refractivity contribution in [2.75, 3.05) is 12.4 Å². The van der Waals surface area contributed by atoms with Gasteiger partial charge >= 0.3 is 5.97 Å². The van der Waals surface area contributed by atoms with Gasteiger partial charge in [-0.25, -0.2) is 14.2 Å². The third kappa shape index (κ3) is 3.16. The molecule has 2 aromatic rings. The van der Waals surface area contributed by atoms with Crippen molar-refractivity contribution in [2.45, 2.75) is 0 Å². The highest BCUT2D eigenvalue weighted by Crippen LogP contribution is 2.24. The molecule has 1 aromatic heterocycles. The molecule has 1 aromatic carbocycles. The third-order valence-electron chi connectivity index (χ3n) is 2.46. The molecular formula is C13H10ClFN2O3. The average Bonchev–Trinajstić information content (AvgIpc) is 2.40. The Morgan fingerprint density at radius 2 is 2.15 bits per heavy atom. The molecule has 0 bridgehead atoms. The molecule has 0 saturated carbocycles. The van der Waals surface area contributed by atoms with Crippen LogP contribution >= 0.6 is 11.6 Å². The predicted molar refractivity (Wildman–Crippen MR) is 72.4 cm³/mol. The summed E-state index contributed by atoms with van der Waals surface area (Å²) in [5, 5.41) is 11.8. The van der Waals surface area contributed by atoms with E-state index in [9.17, 15) is 9.18 Å². The fourth-order valence-electron chi connectivity index (χ4n) is 1.57. The summed E-state index contributed by atoms with van der Waals surface area (Å²) in [6.45, 7) is 0. The summed E-state index contributed by atoms with van der Waals surface area (Å²) in [6.07, 6.45) is 0. The number of benzene rings is 1. The summed E-state index contributed by atoms with van der Waals surface area (Å²) in [4.78, 5) is 14.9. The van der Waals surface area contributed by atoms with Crippen LogP contribution in [0.5, 0.6) is 5.75 Å². The van der Waals surface area contributed by atoms with Crippen molar-refractivity contribution in [3.63, 3.8) is 0 Å². The Morgan fingerprint density at radius 1 is 1.40 bits per heavy atom. The molecule has 0 fully saturated rings. The first-order valence-electron chi connectivity index (χ1n) is 5.51. The molecular weight excluding hydrogens is 287 g/mol. The largest absolute Gasteiger partial charge is 0.494 e. The van der Waals surface area contributed by atoms with Gasteiger partial charge in [-0.1, -0.05) is 11.6 Å². The zero-order valence-corrected chi connectivity index (χ0v) is 11.1. The van der Waals surface area contributed by atoms with Crippen LogP contribution in [-0.2, 0) is 0 Å². The van der Waals surface area contributed by atoms with E-state index in [1.807, 2.05) is 0 Å². The standard InChI is InChI=1S/C13H10ClFN2O3/c1-20-10-6-8(2-3-9(10)15)16-12-5-7(13(18)19)4-11(14)17-12/h2-6H,1H3,(H,16,17)(H,18,19). The van der Waals surface area contributed by atoms with E-state index >= 15 is 0 Å². The Bertz CT molecular complexity index is 664. The van der Waals surface area contributed by atoms with E-state index in [2.05, 4.69) is 10.3 Å². The number of pyridine rings is 1. The van der Waals surface area contributed by atoms with E-state index in [1.54, 1.807) is 0 Å². The van der Waals surface area contributed by atoms with Gasteiger partial charge in [0, 0.05) is 11.8 Å². The molecule has 0 amide bonds. The maximum Gasteiger partial charge on any atom is 0.335 e. The number of halogens is 2. The molecule has 0 aliphatic rings. The first-order chi connectivity index (χ1) is 9.49. The minimum atomic E-state index is -1.12. The van der Waals surface area contributed by atoms with Crippen molar-refractivity contribution in [3.05, 3.63) is 46.9 Å². The van der Waals surface area contributed by atoms with Crippen LogP contribution < -0.4 is 10.1 Å². The maximum absolute atomic E-state index is 13.3. The van der Waals surface area contributed by atoms with Gasteiger partial charge in [0.25, 0.3) is 0 Å². The number of carboxylic acid groups (broad SMARTS) is 1. The number of methoxy groups -OCH3 is 1. The number of anilines is 2. The van der Waals surface area contributed by atoms with Crippen LogP contribution in [0.3, 0.4) is 0 Å². The Hall–Kier alpha value is -2.34. The molecule has 0 aliphatic carbocycles. The van der Waals surface area contributed by atoms with Gasteiger partial charge in [-0.2, -0.15) is 0 Å². The lowest BCUT2D eigenvalue weighted by Crippen LogP contribution is -2.01. The second-order valence-corrected chi connectivity index (χ2v) is 4.23. The highest BCUT2D eigenvalue weighted by molar-refractivity contribution is 6.29. The van der Waals surface area contributed by atoms with Crippen molar-refractivity contribution in [2.24, 2.45) is 0 Å². The first-order valence-corrected chi connectivity index (χ1v) is 5.89. The minimum Gasteiger partial charge on any atom is -0.494 e. The molecule has 1 heterocycles. The van der Waals surface area contributed by atoms with E-state index in [-0.39, 0.29) is 22.3 Å². The van der Waals surface area contributed by atoms with Gasteiger partial charge in [0.1, 0.15) is 11.0 Å². The number of hydrogen-bond acceptors (Lipinski definition) is 4. The fraction of sp³-hybridized carbons (Fsp3) is 0.0769. The van der Waals surface area contributed by atoms with Crippen LogP contribution in [0.4, 0.5) is 15.9 Å². The molecule has 0 saturated heterocycles. The smallest absolute Gasteiger partial charge is 0.335 e. The number of aromatic nitrogens is 1. The van der Waals surface area contributed by atoms with Crippen molar-refractivity contribution >= 4 is 29.1 Å². The van der Waals surface area contributed by atoms with Crippen LogP contribution in [0.25, 0.3) is 0 Å². The van der Waals surface area contributed by atoms with Gasteiger partial charge in [-0.15, -0.1) is 0 Å². The topological polar surface area (TPSA) is 71.5 Å². The average molecular weight is 297 g/mol. The third-order valence-corrected chi connectivity index (χ3v) is 2.66. The molecule has 2 N–H and O–H groups in total. The summed E-state index contributed by atoms with van der Waals surface area (Å²) >= 11 is 5.74. The van der Waals surface area contributed by atoms with Gasteiger partial charge in [-0.3, -0.25) is 0 Å². The van der Waals surface area contributed by atoms with Crippen LogP contribution in [0.1, 0.15) is 10.4 Å². The van der Waals surface area contributed by atoms with Crippen molar-refractivity contribution in [1.29, 1.82) is 0 Å². The molecule has 0 unspecified atom stereocenters. The molecule has 104 valence electrons. The Balaban J connectivity index is 2.32. The molecule has 0 aliphatic heterocycles. The molecule has 7 heteroatoms. The zero-order chi connectivity index (χ0) is 14.7. The SMILES string of the molecule is COc1cc(Nc2cc(C(=O)O)cc(Cl)n2)ccc1F. The highest BCUT2D eigenvalue weighted by Gasteiger charge is 2.09.